The van der Waals surface area contributed by atoms with E-state index in [-0.39, 0.29) is 25.7 Å². The van der Waals surface area contributed by atoms with E-state index < -0.39 is 97.5 Å². The maximum absolute atomic E-state index is 13.0. The van der Waals surface area contributed by atoms with Crippen LogP contribution in [-0.2, 0) is 65.4 Å². The first-order chi connectivity index (χ1) is 40.3. The van der Waals surface area contributed by atoms with Crippen LogP contribution < -0.4 is 0 Å². The van der Waals surface area contributed by atoms with Crippen molar-refractivity contribution in [1.29, 1.82) is 0 Å². The van der Waals surface area contributed by atoms with Crippen LogP contribution in [0.4, 0.5) is 0 Å². The molecule has 0 aromatic rings. The third kappa shape index (κ3) is 57.3. The van der Waals surface area contributed by atoms with Crippen LogP contribution in [0.25, 0.3) is 0 Å². The molecular formula is C65H122O17P2. The van der Waals surface area contributed by atoms with Crippen LogP contribution >= 0.6 is 15.6 Å². The lowest BCUT2D eigenvalue weighted by atomic mass is 10.00. The van der Waals surface area contributed by atoms with E-state index in [1.165, 1.54) is 77.0 Å². The van der Waals surface area contributed by atoms with Crippen molar-refractivity contribution >= 4 is 39.5 Å². The maximum atomic E-state index is 13.0. The summed E-state index contributed by atoms with van der Waals surface area (Å²) in [5.74, 6) is -0.0729. The summed E-state index contributed by atoms with van der Waals surface area (Å²) in [6.07, 6.45) is 40.1. The number of phosphoric acid groups is 2. The van der Waals surface area contributed by atoms with Gasteiger partial charge in [-0.3, -0.25) is 37.3 Å². The van der Waals surface area contributed by atoms with Crippen molar-refractivity contribution < 1.29 is 80.2 Å². The second kappa shape index (κ2) is 55.8. The molecule has 0 aliphatic carbocycles. The zero-order valence-corrected chi connectivity index (χ0v) is 55.6. The molecule has 0 fully saturated rings. The number of aliphatic hydroxyl groups excluding tert-OH is 1. The fourth-order valence-corrected chi connectivity index (χ4v) is 10.7. The Morgan fingerprint density at radius 3 is 1.06 bits per heavy atom. The van der Waals surface area contributed by atoms with Crippen molar-refractivity contribution in [2.24, 2.45) is 17.8 Å². The number of hydrogen-bond donors (Lipinski definition) is 3. The highest BCUT2D eigenvalue weighted by Gasteiger charge is 2.30. The number of carbonyl (C=O) groups is 4. The number of ether oxygens (including phenoxy) is 4. The molecule has 0 bridgehead atoms. The van der Waals surface area contributed by atoms with Gasteiger partial charge in [0.15, 0.2) is 12.2 Å². The molecule has 0 aliphatic rings. The number of carbonyl (C=O) groups excluding carboxylic acids is 4. The molecule has 494 valence electrons. The summed E-state index contributed by atoms with van der Waals surface area (Å²) in [7, 11) is -9.90. The number of rotatable bonds is 61. The van der Waals surface area contributed by atoms with Gasteiger partial charge in [0.05, 0.1) is 26.4 Å². The second-order valence-corrected chi connectivity index (χ2v) is 26.9. The number of hydrogen-bond acceptors (Lipinski definition) is 15. The highest BCUT2D eigenvalue weighted by Crippen LogP contribution is 2.45. The van der Waals surface area contributed by atoms with Crippen LogP contribution in [0, 0.1) is 17.8 Å². The summed E-state index contributed by atoms with van der Waals surface area (Å²) in [6.45, 7) is 11.5. The van der Waals surface area contributed by atoms with Crippen molar-refractivity contribution in [2.45, 2.75) is 311 Å². The maximum Gasteiger partial charge on any atom is 0.472 e. The average molecular weight is 1240 g/mol. The zero-order chi connectivity index (χ0) is 62.4. The van der Waals surface area contributed by atoms with E-state index in [0.29, 0.717) is 37.5 Å². The molecule has 0 aliphatic heterocycles. The van der Waals surface area contributed by atoms with Crippen molar-refractivity contribution in [2.75, 3.05) is 39.6 Å². The summed E-state index contributed by atoms with van der Waals surface area (Å²) in [4.78, 5) is 72.2. The van der Waals surface area contributed by atoms with Gasteiger partial charge in [-0.25, -0.2) is 9.13 Å². The molecule has 17 nitrogen and oxygen atoms in total. The van der Waals surface area contributed by atoms with Gasteiger partial charge >= 0.3 is 39.5 Å². The van der Waals surface area contributed by atoms with E-state index in [1.807, 2.05) is 0 Å². The van der Waals surface area contributed by atoms with Gasteiger partial charge in [0.2, 0.25) is 0 Å². The number of allylic oxidation sites excluding steroid dienone is 4. The van der Waals surface area contributed by atoms with Crippen LogP contribution in [-0.4, -0.2) is 96.7 Å². The minimum Gasteiger partial charge on any atom is -0.462 e. The van der Waals surface area contributed by atoms with E-state index in [1.54, 1.807) is 0 Å². The SMILES string of the molecule is CCCCCC/C=C\C=C/CCCCCCCC(=O)O[C@H](COC(=O)CCCCCCCCCC(C)C)COP(=O)(O)OC[C@@H](O)COP(=O)(O)OC[C@@H](COC(=O)CCCCCCCCC(C)C)OC(=O)CCCCCCCCC(C)CC. The summed E-state index contributed by atoms with van der Waals surface area (Å²) in [5, 5.41) is 10.5. The van der Waals surface area contributed by atoms with E-state index >= 15 is 0 Å². The molecule has 3 unspecified atom stereocenters. The number of phosphoric ester groups is 2. The van der Waals surface area contributed by atoms with Crippen LogP contribution in [0.5, 0.6) is 0 Å². The molecule has 84 heavy (non-hydrogen) atoms. The van der Waals surface area contributed by atoms with Gasteiger partial charge in [-0.2, -0.15) is 0 Å². The lowest BCUT2D eigenvalue weighted by molar-refractivity contribution is -0.161. The van der Waals surface area contributed by atoms with Crippen molar-refractivity contribution in [1.82, 2.24) is 0 Å². The van der Waals surface area contributed by atoms with Gasteiger partial charge in [-0.05, 0) is 69.1 Å². The summed E-state index contributed by atoms with van der Waals surface area (Å²) in [6, 6.07) is 0. The summed E-state index contributed by atoms with van der Waals surface area (Å²) >= 11 is 0. The summed E-state index contributed by atoms with van der Waals surface area (Å²) in [5.41, 5.74) is 0. The molecule has 0 spiro atoms. The Hall–Kier alpha value is -2.46. The summed E-state index contributed by atoms with van der Waals surface area (Å²) < 4.78 is 67.9. The molecule has 0 radical (unpaired) electrons. The van der Waals surface area contributed by atoms with Gasteiger partial charge in [0.25, 0.3) is 0 Å². The van der Waals surface area contributed by atoms with Crippen LogP contribution in [0.15, 0.2) is 24.3 Å². The third-order valence-electron chi connectivity index (χ3n) is 14.6. The molecule has 19 heteroatoms. The molecule has 0 aromatic heterocycles. The minimum atomic E-state index is -4.95. The monoisotopic (exact) mass is 1240 g/mol. The smallest absolute Gasteiger partial charge is 0.462 e. The fraction of sp³-hybridized carbons (Fsp3) is 0.877. The number of aliphatic hydroxyl groups is 1. The van der Waals surface area contributed by atoms with Gasteiger partial charge in [-0.1, -0.05) is 240 Å². The Morgan fingerprint density at radius 2 is 0.702 bits per heavy atom. The molecule has 0 saturated heterocycles. The highest BCUT2D eigenvalue weighted by molar-refractivity contribution is 7.47. The van der Waals surface area contributed by atoms with Crippen molar-refractivity contribution in [3.05, 3.63) is 24.3 Å². The largest absolute Gasteiger partial charge is 0.472 e. The molecule has 0 amide bonds. The fourth-order valence-electron chi connectivity index (χ4n) is 9.08. The Labute approximate surface area is 510 Å². The zero-order valence-electron chi connectivity index (χ0n) is 53.8. The molecule has 0 rings (SSSR count). The minimum absolute atomic E-state index is 0.0834. The Kier molecular flexibility index (Phi) is 54.2. The molecule has 3 N–H and O–H groups in total. The molecule has 0 aromatic carbocycles. The Balaban J connectivity index is 5.28. The van der Waals surface area contributed by atoms with Crippen LogP contribution in [0.1, 0.15) is 292 Å². The first kappa shape index (κ1) is 81.5. The first-order valence-electron chi connectivity index (χ1n) is 33.2. The van der Waals surface area contributed by atoms with E-state index in [2.05, 4.69) is 72.8 Å². The molecular weight excluding hydrogens is 1110 g/mol. The first-order valence-corrected chi connectivity index (χ1v) is 36.2. The Bertz CT molecular complexity index is 1760. The van der Waals surface area contributed by atoms with E-state index in [9.17, 15) is 43.2 Å². The predicted octanol–water partition coefficient (Wildman–Crippen LogP) is 17.4. The van der Waals surface area contributed by atoms with E-state index in [0.717, 1.165) is 121 Å². The van der Waals surface area contributed by atoms with Crippen LogP contribution in [0.3, 0.4) is 0 Å². The van der Waals surface area contributed by atoms with Gasteiger partial charge in [0.1, 0.15) is 19.3 Å². The average Bonchev–Trinajstić information content (AvgIpc) is 3.50. The standard InChI is InChI=1S/C65H122O17P2/c1-8-10-11-12-13-14-15-16-17-18-19-20-23-34-41-48-64(69)81-60(52-75-62(67)46-39-32-24-21-22-29-36-43-56(3)4)54-79-83(71,72)77-50-59(66)51-78-84(73,74)80-55-61(53-76-63(68)47-40-33-27-25-30-37-44-57(5)6)82-65(70)49-42-35-28-26-31-38-45-58(7)9-2/h14-17,56-61,66H,8-13,18-55H2,1-7H3,(H,71,72)(H,73,74)/b15-14-,17-16-/t58?,59-,60-,61-/m1/s1. The van der Waals surface area contributed by atoms with Gasteiger partial charge in [0, 0.05) is 25.7 Å². The lowest BCUT2D eigenvalue weighted by Gasteiger charge is -2.21. The van der Waals surface area contributed by atoms with Gasteiger partial charge in [-0.15, -0.1) is 0 Å². The lowest BCUT2D eigenvalue weighted by Crippen LogP contribution is -2.30. The normalized spacial score (nSPS) is 14.9. The molecule has 6 atom stereocenters. The molecule has 0 heterocycles. The quantitative estimate of drug-likeness (QED) is 0.0169. The van der Waals surface area contributed by atoms with Crippen LogP contribution in [0.2, 0.25) is 0 Å². The predicted molar refractivity (Wildman–Crippen MR) is 335 cm³/mol. The molecule has 0 saturated carbocycles. The third-order valence-corrected chi connectivity index (χ3v) is 16.5. The van der Waals surface area contributed by atoms with E-state index in [4.69, 9.17) is 37.0 Å². The topological polar surface area (TPSA) is 237 Å². The Morgan fingerprint density at radius 1 is 0.393 bits per heavy atom. The van der Waals surface area contributed by atoms with Crippen molar-refractivity contribution in [3.8, 4) is 0 Å². The number of esters is 4. The van der Waals surface area contributed by atoms with Gasteiger partial charge < -0.3 is 33.8 Å². The van der Waals surface area contributed by atoms with Crippen molar-refractivity contribution in [3.63, 3.8) is 0 Å². The highest BCUT2D eigenvalue weighted by atomic mass is 31.2. The number of unbranched alkanes of at least 4 members (excludes halogenated alkanes) is 25. The second-order valence-electron chi connectivity index (χ2n) is 24.0.